The van der Waals surface area contributed by atoms with Crippen molar-refractivity contribution in [3.63, 3.8) is 0 Å². The van der Waals surface area contributed by atoms with Crippen LogP contribution in [0.5, 0.6) is 0 Å². The van der Waals surface area contributed by atoms with E-state index in [1.165, 1.54) is 11.3 Å². The van der Waals surface area contributed by atoms with E-state index in [4.69, 9.17) is 0 Å². The Balaban J connectivity index is 2.09. The smallest absolute Gasteiger partial charge is 0.223 e. The van der Waals surface area contributed by atoms with Gasteiger partial charge >= 0.3 is 0 Å². The number of aromatic nitrogens is 2. The molecule has 0 radical (unpaired) electrons. The molecule has 0 bridgehead atoms. The SMILES string of the molecule is O=Cc1csc(C(=O)c2c[nH]c3ccccc23)n1. The molecule has 0 fully saturated rings. The average molecular weight is 256 g/mol. The van der Waals surface area contributed by atoms with Crippen LogP contribution in [0.25, 0.3) is 10.9 Å². The second-order valence-electron chi connectivity index (χ2n) is 3.77. The largest absolute Gasteiger partial charge is 0.360 e. The molecular weight excluding hydrogens is 248 g/mol. The van der Waals surface area contributed by atoms with Gasteiger partial charge in [0.05, 0.1) is 5.56 Å². The Morgan fingerprint density at radius 1 is 1.33 bits per heavy atom. The molecule has 0 aliphatic rings. The van der Waals surface area contributed by atoms with Gasteiger partial charge in [0.2, 0.25) is 5.78 Å². The van der Waals surface area contributed by atoms with Gasteiger partial charge in [-0.05, 0) is 6.07 Å². The minimum Gasteiger partial charge on any atom is -0.360 e. The van der Waals surface area contributed by atoms with Gasteiger partial charge in [-0.25, -0.2) is 4.98 Å². The number of para-hydroxylation sites is 1. The van der Waals surface area contributed by atoms with E-state index in [1.54, 1.807) is 11.6 Å². The zero-order valence-corrected chi connectivity index (χ0v) is 10.0. The highest BCUT2D eigenvalue weighted by atomic mass is 32.1. The van der Waals surface area contributed by atoms with Gasteiger partial charge in [0.25, 0.3) is 0 Å². The van der Waals surface area contributed by atoms with Gasteiger partial charge in [-0.2, -0.15) is 0 Å². The molecule has 18 heavy (non-hydrogen) atoms. The van der Waals surface area contributed by atoms with Crippen molar-refractivity contribution in [3.8, 4) is 0 Å². The molecule has 0 amide bonds. The molecule has 4 nitrogen and oxygen atoms in total. The number of nitrogens with one attached hydrogen (secondary N) is 1. The minimum absolute atomic E-state index is 0.162. The van der Waals surface area contributed by atoms with Crippen molar-refractivity contribution in [2.24, 2.45) is 0 Å². The molecule has 3 aromatic rings. The standard InChI is InChI=1S/C13H8N2O2S/c16-6-8-7-18-13(15-8)12(17)10-5-14-11-4-2-1-3-9(10)11/h1-7,14H. The highest BCUT2D eigenvalue weighted by molar-refractivity contribution is 7.12. The number of hydrogen-bond acceptors (Lipinski definition) is 4. The lowest BCUT2D eigenvalue weighted by Gasteiger charge is -1.94. The van der Waals surface area contributed by atoms with Gasteiger partial charge < -0.3 is 4.98 Å². The summed E-state index contributed by atoms with van der Waals surface area (Å²) in [6, 6.07) is 7.57. The Morgan fingerprint density at radius 2 is 2.17 bits per heavy atom. The van der Waals surface area contributed by atoms with E-state index in [1.807, 2.05) is 24.3 Å². The average Bonchev–Trinajstić information content (AvgIpc) is 3.04. The molecule has 0 spiro atoms. The Bertz CT molecular complexity index is 742. The number of carbonyl (C=O) groups excluding carboxylic acids is 2. The van der Waals surface area contributed by atoms with E-state index in [-0.39, 0.29) is 5.78 Å². The summed E-state index contributed by atoms with van der Waals surface area (Å²) >= 11 is 1.18. The molecule has 0 saturated carbocycles. The number of thiazole rings is 1. The Hall–Kier alpha value is -2.27. The van der Waals surface area contributed by atoms with Crippen LogP contribution in [0.1, 0.15) is 25.9 Å². The molecular formula is C13H8N2O2S. The third-order valence-corrected chi connectivity index (χ3v) is 3.53. The fourth-order valence-electron chi connectivity index (χ4n) is 1.82. The lowest BCUT2D eigenvalue weighted by Crippen LogP contribution is -1.99. The van der Waals surface area contributed by atoms with Crippen LogP contribution in [-0.4, -0.2) is 22.0 Å². The second kappa shape index (κ2) is 4.19. The van der Waals surface area contributed by atoms with E-state index in [9.17, 15) is 9.59 Å². The number of H-pyrrole nitrogens is 1. The van der Waals surface area contributed by atoms with E-state index < -0.39 is 0 Å². The monoisotopic (exact) mass is 256 g/mol. The first-order chi connectivity index (χ1) is 8.79. The van der Waals surface area contributed by atoms with Crippen LogP contribution in [0.4, 0.5) is 0 Å². The number of rotatable bonds is 3. The number of nitrogens with zero attached hydrogens (tertiary/aromatic N) is 1. The summed E-state index contributed by atoms with van der Waals surface area (Å²) in [5.74, 6) is -0.162. The minimum atomic E-state index is -0.162. The molecule has 0 aliphatic carbocycles. The quantitative estimate of drug-likeness (QED) is 0.579. The molecule has 1 N–H and O–H groups in total. The summed E-state index contributed by atoms with van der Waals surface area (Å²) in [7, 11) is 0. The van der Waals surface area contributed by atoms with Crippen molar-refractivity contribution in [1.82, 2.24) is 9.97 Å². The van der Waals surface area contributed by atoms with Crippen molar-refractivity contribution in [3.05, 3.63) is 52.1 Å². The first-order valence-electron chi connectivity index (χ1n) is 5.31. The number of ketones is 1. The summed E-state index contributed by atoms with van der Waals surface area (Å²) in [6.45, 7) is 0. The Morgan fingerprint density at radius 3 is 2.94 bits per heavy atom. The summed E-state index contributed by atoms with van der Waals surface area (Å²) in [6.07, 6.45) is 2.32. The van der Waals surface area contributed by atoms with Crippen molar-refractivity contribution in [2.75, 3.05) is 0 Å². The zero-order valence-electron chi connectivity index (χ0n) is 9.21. The van der Waals surface area contributed by atoms with E-state index in [0.717, 1.165) is 10.9 Å². The van der Waals surface area contributed by atoms with Crippen LogP contribution in [0.2, 0.25) is 0 Å². The molecule has 3 rings (SSSR count). The van der Waals surface area contributed by atoms with Crippen LogP contribution in [0.3, 0.4) is 0 Å². The van der Waals surface area contributed by atoms with Crippen molar-refractivity contribution < 1.29 is 9.59 Å². The maximum absolute atomic E-state index is 12.3. The third kappa shape index (κ3) is 1.65. The fourth-order valence-corrected chi connectivity index (χ4v) is 2.53. The normalized spacial score (nSPS) is 10.7. The fraction of sp³-hybridized carbons (Fsp3) is 0. The molecule has 0 saturated heterocycles. The summed E-state index contributed by atoms with van der Waals surface area (Å²) in [4.78, 5) is 29.9. The highest BCUT2D eigenvalue weighted by Crippen LogP contribution is 2.22. The van der Waals surface area contributed by atoms with Gasteiger partial charge in [0.1, 0.15) is 5.69 Å². The number of hydrogen-bond donors (Lipinski definition) is 1. The van der Waals surface area contributed by atoms with Gasteiger partial charge in [-0.1, -0.05) is 18.2 Å². The maximum atomic E-state index is 12.3. The van der Waals surface area contributed by atoms with Crippen LogP contribution >= 0.6 is 11.3 Å². The Kier molecular flexibility index (Phi) is 2.53. The molecule has 0 unspecified atom stereocenters. The second-order valence-corrected chi connectivity index (χ2v) is 4.63. The van der Waals surface area contributed by atoms with Crippen LogP contribution < -0.4 is 0 Å². The van der Waals surface area contributed by atoms with Crippen molar-refractivity contribution >= 4 is 34.3 Å². The number of carbonyl (C=O) groups is 2. The topological polar surface area (TPSA) is 62.8 Å². The zero-order chi connectivity index (χ0) is 12.5. The summed E-state index contributed by atoms with van der Waals surface area (Å²) in [5.41, 5.74) is 1.79. The van der Waals surface area contributed by atoms with E-state index in [2.05, 4.69) is 9.97 Å². The van der Waals surface area contributed by atoms with Gasteiger partial charge in [-0.15, -0.1) is 11.3 Å². The third-order valence-electron chi connectivity index (χ3n) is 2.67. The van der Waals surface area contributed by atoms with Crippen molar-refractivity contribution in [2.45, 2.75) is 0 Å². The van der Waals surface area contributed by atoms with Crippen LogP contribution in [-0.2, 0) is 0 Å². The van der Waals surface area contributed by atoms with Crippen molar-refractivity contribution in [1.29, 1.82) is 0 Å². The molecule has 2 aromatic heterocycles. The van der Waals surface area contributed by atoms with E-state index in [0.29, 0.717) is 22.6 Å². The molecule has 88 valence electrons. The predicted molar refractivity (Wildman–Crippen MR) is 69.2 cm³/mol. The van der Waals surface area contributed by atoms with Gasteiger partial charge in [0, 0.05) is 22.5 Å². The highest BCUT2D eigenvalue weighted by Gasteiger charge is 2.17. The van der Waals surface area contributed by atoms with Gasteiger partial charge in [-0.3, -0.25) is 9.59 Å². The number of fused-ring (bicyclic) bond motifs is 1. The lowest BCUT2D eigenvalue weighted by molar-refractivity contribution is 0.104. The maximum Gasteiger partial charge on any atom is 0.223 e. The number of benzene rings is 1. The first kappa shape index (κ1) is 10.9. The van der Waals surface area contributed by atoms with Crippen LogP contribution in [0, 0.1) is 0 Å². The van der Waals surface area contributed by atoms with Gasteiger partial charge in [0.15, 0.2) is 11.3 Å². The van der Waals surface area contributed by atoms with Crippen LogP contribution in [0.15, 0.2) is 35.8 Å². The first-order valence-corrected chi connectivity index (χ1v) is 6.19. The molecule has 5 heteroatoms. The molecule has 1 aromatic carbocycles. The molecule has 0 aliphatic heterocycles. The summed E-state index contributed by atoms with van der Waals surface area (Å²) < 4.78 is 0. The molecule has 0 atom stereocenters. The Labute approximate surface area is 106 Å². The van der Waals surface area contributed by atoms with E-state index >= 15 is 0 Å². The number of aromatic amines is 1. The summed E-state index contributed by atoms with van der Waals surface area (Å²) in [5, 5.41) is 2.78. The molecule has 2 heterocycles. The predicted octanol–water partition coefficient (Wildman–Crippen LogP) is 2.67. The lowest BCUT2D eigenvalue weighted by atomic mass is 10.1. The number of aldehydes is 1.